The van der Waals surface area contributed by atoms with E-state index in [0.717, 1.165) is 4.31 Å². The topological polar surface area (TPSA) is 93.1 Å². The summed E-state index contributed by atoms with van der Waals surface area (Å²) in [7, 11) is -3.75. The van der Waals surface area contributed by atoms with Gasteiger partial charge in [-0.2, -0.15) is 4.31 Å². The minimum absolute atomic E-state index is 0.137. The maximum atomic E-state index is 11.9. The van der Waals surface area contributed by atoms with E-state index in [9.17, 15) is 13.2 Å². The van der Waals surface area contributed by atoms with Gasteiger partial charge in [-0.15, -0.1) is 0 Å². The second-order valence-electron chi connectivity index (χ2n) is 3.58. The number of esters is 1. The summed E-state index contributed by atoms with van der Waals surface area (Å²) < 4.78 is 34.6. The Morgan fingerprint density at radius 2 is 2.29 bits per heavy atom. The summed E-state index contributed by atoms with van der Waals surface area (Å²) in [6.45, 7) is 1.96. The number of rotatable bonds is 5. The van der Waals surface area contributed by atoms with Crippen LogP contribution in [0.5, 0.6) is 0 Å². The van der Waals surface area contributed by atoms with Crippen LogP contribution in [0.2, 0.25) is 0 Å². The first-order chi connectivity index (χ1) is 8.01. The number of ether oxygens (including phenoxy) is 2. The Balaban J connectivity index is 2.70. The van der Waals surface area contributed by atoms with Crippen molar-refractivity contribution in [2.75, 3.05) is 38.7 Å². The molecule has 17 heavy (non-hydrogen) atoms. The molecular formula is C9H17NO6S. The van der Waals surface area contributed by atoms with Crippen LogP contribution in [0.3, 0.4) is 0 Å². The Hall–Kier alpha value is -0.700. The monoisotopic (exact) mass is 267 g/mol. The largest absolute Gasteiger partial charge is 0.465 e. The van der Waals surface area contributed by atoms with E-state index in [1.54, 1.807) is 6.92 Å². The van der Waals surface area contributed by atoms with E-state index in [-0.39, 0.29) is 33.0 Å². The lowest BCUT2D eigenvalue weighted by molar-refractivity contribution is -0.140. The second kappa shape index (κ2) is 6.29. The van der Waals surface area contributed by atoms with Crippen LogP contribution in [0.25, 0.3) is 0 Å². The van der Waals surface area contributed by atoms with Crippen molar-refractivity contribution in [1.29, 1.82) is 0 Å². The van der Waals surface area contributed by atoms with Gasteiger partial charge in [-0.3, -0.25) is 4.79 Å². The number of carbonyl (C=O) groups is 1. The Labute approximate surface area is 100 Å². The molecule has 0 aromatic rings. The van der Waals surface area contributed by atoms with Gasteiger partial charge in [-0.05, 0) is 6.92 Å². The van der Waals surface area contributed by atoms with Crippen molar-refractivity contribution >= 4 is 16.0 Å². The van der Waals surface area contributed by atoms with E-state index in [1.807, 2.05) is 0 Å². The predicted octanol–water partition coefficient (Wildman–Crippen LogP) is -1.43. The van der Waals surface area contributed by atoms with Gasteiger partial charge >= 0.3 is 5.97 Å². The molecule has 1 saturated heterocycles. The zero-order valence-corrected chi connectivity index (χ0v) is 10.5. The maximum Gasteiger partial charge on any atom is 0.322 e. The van der Waals surface area contributed by atoms with Gasteiger partial charge in [0, 0.05) is 6.54 Å². The van der Waals surface area contributed by atoms with Gasteiger partial charge in [0.05, 0.1) is 32.5 Å². The van der Waals surface area contributed by atoms with Crippen LogP contribution in [0.4, 0.5) is 0 Å². The Morgan fingerprint density at radius 1 is 1.59 bits per heavy atom. The molecule has 0 radical (unpaired) electrons. The second-order valence-corrected chi connectivity index (χ2v) is 5.50. The van der Waals surface area contributed by atoms with Crippen molar-refractivity contribution in [2.24, 2.45) is 0 Å². The molecule has 0 bridgehead atoms. The lowest BCUT2D eigenvalue weighted by atomic mass is 10.3. The lowest BCUT2D eigenvalue weighted by Crippen LogP contribution is -2.51. The molecule has 1 N–H and O–H groups in total. The molecule has 1 aliphatic heterocycles. The molecular weight excluding hydrogens is 250 g/mol. The van der Waals surface area contributed by atoms with E-state index in [1.165, 1.54) is 0 Å². The summed E-state index contributed by atoms with van der Waals surface area (Å²) >= 11 is 0. The quantitative estimate of drug-likeness (QED) is 0.614. The molecule has 0 saturated carbocycles. The average molecular weight is 267 g/mol. The molecule has 0 spiro atoms. The SMILES string of the molecule is CCOC(=O)CS(=O)(=O)N1CCOCC1CO. The highest BCUT2D eigenvalue weighted by Crippen LogP contribution is 2.12. The third-order valence-electron chi connectivity index (χ3n) is 2.35. The summed E-state index contributed by atoms with van der Waals surface area (Å²) in [5, 5.41) is 9.06. The molecule has 7 nitrogen and oxygen atoms in total. The van der Waals surface area contributed by atoms with Crippen molar-refractivity contribution in [3.8, 4) is 0 Å². The molecule has 1 fully saturated rings. The molecule has 1 unspecified atom stereocenters. The molecule has 100 valence electrons. The summed E-state index contributed by atoms with van der Waals surface area (Å²) in [5.41, 5.74) is 0. The predicted molar refractivity (Wildman–Crippen MR) is 58.8 cm³/mol. The third kappa shape index (κ3) is 3.91. The number of sulfonamides is 1. The van der Waals surface area contributed by atoms with Gasteiger partial charge in [-0.25, -0.2) is 8.42 Å². The van der Waals surface area contributed by atoms with Gasteiger partial charge in [0.25, 0.3) is 0 Å². The molecule has 1 aliphatic rings. The van der Waals surface area contributed by atoms with Gasteiger partial charge in [0.2, 0.25) is 10.0 Å². The van der Waals surface area contributed by atoms with Gasteiger partial charge in [-0.1, -0.05) is 0 Å². The number of carbonyl (C=O) groups excluding carboxylic acids is 1. The number of morpholine rings is 1. The van der Waals surface area contributed by atoms with Gasteiger partial charge in [0.1, 0.15) is 0 Å². The van der Waals surface area contributed by atoms with Crippen LogP contribution in [0.15, 0.2) is 0 Å². The zero-order valence-electron chi connectivity index (χ0n) is 9.66. The number of nitrogens with zero attached hydrogens (tertiary/aromatic N) is 1. The summed E-state index contributed by atoms with van der Waals surface area (Å²) in [6.07, 6.45) is 0. The molecule has 8 heteroatoms. The lowest BCUT2D eigenvalue weighted by Gasteiger charge is -2.32. The van der Waals surface area contributed by atoms with Crippen molar-refractivity contribution in [3.05, 3.63) is 0 Å². The van der Waals surface area contributed by atoms with Crippen LogP contribution in [-0.2, 0) is 24.3 Å². The van der Waals surface area contributed by atoms with E-state index in [4.69, 9.17) is 9.84 Å². The van der Waals surface area contributed by atoms with Crippen molar-refractivity contribution in [3.63, 3.8) is 0 Å². The molecule has 1 heterocycles. The number of aliphatic hydroxyl groups is 1. The molecule has 0 aromatic carbocycles. The normalized spacial score (nSPS) is 22.4. The minimum Gasteiger partial charge on any atom is -0.465 e. The van der Waals surface area contributed by atoms with Crippen LogP contribution < -0.4 is 0 Å². The summed E-state index contributed by atoms with van der Waals surface area (Å²) in [4.78, 5) is 11.2. The van der Waals surface area contributed by atoms with Crippen LogP contribution in [0, 0.1) is 0 Å². The van der Waals surface area contributed by atoms with E-state index < -0.39 is 27.8 Å². The molecule has 0 amide bonds. The first-order valence-corrected chi connectivity index (χ1v) is 6.96. The Bertz CT molecular complexity index is 354. The van der Waals surface area contributed by atoms with E-state index >= 15 is 0 Å². The van der Waals surface area contributed by atoms with Crippen LogP contribution in [-0.4, -0.2) is 68.6 Å². The van der Waals surface area contributed by atoms with Gasteiger partial charge in [0.15, 0.2) is 5.75 Å². The maximum absolute atomic E-state index is 11.9. The van der Waals surface area contributed by atoms with E-state index in [2.05, 4.69) is 4.74 Å². The highest BCUT2D eigenvalue weighted by molar-refractivity contribution is 7.89. The highest BCUT2D eigenvalue weighted by Gasteiger charge is 2.34. The first kappa shape index (κ1) is 14.4. The van der Waals surface area contributed by atoms with Crippen LogP contribution in [0.1, 0.15) is 6.92 Å². The molecule has 1 atom stereocenters. The summed E-state index contributed by atoms with van der Waals surface area (Å²) in [5.74, 6) is -1.48. The van der Waals surface area contributed by atoms with E-state index in [0.29, 0.717) is 0 Å². The summed E-state index contributed by atoms with van der Waals surface area (Å²) in [6, 6.07) is -0.622. The van der Waals surface area contributed by atoms with Crippen molar-refractivity contribution in [2.45, 2.75) is 13.0 Å². The fraction of sp³-hybridized carbons (Fsp3) is 0.889. The van der Waals surface area contributed by atoms with Gasteiger partial charge < -0.3 is 14.6 Å². The molecule has 0 aliphatic carbocycles. The zero-order chi connectivity index (χ0) is 12.9. The van der Waals surface area contributed by atoms with Crippen molar-refractivity contribution < 1.29 is 27.8 Å². The minimum atomic E-state index is -3.75. The van der Waals surface area contributed by atoms with Crippen LogP contribution >= 0.6 is 0 Å². The van der Waals surface area contributed by atoms with Crippen molar-refractivity contribution in [1.82, 2.24) is 4.31 Å². The Kier molecular flexibility index (Phi) is 5.31. The number of aliphatic hydroxyl groups excluding tert-OH is 1. The average Bonchev–Trinajstić information content (AvgIpc) is 2.28. The molecule has 0 aromatic heterocycles. The first-order valence-electron chi connectivity index (χ1n) is 5.35. The standard InChI is InChI=1S/C9H17NO6S/c1-2-16-9(12)7-17(13,14)10-3-4-15-6-8(10)5-11/h8,11H,2-7H2,1H3. The number of hydrogen-bond donors (Lipinski definition) is 1. The fourth-order valence-corrected chi connectivity index (χ4v) is 3.07. The number of hydrogen-bond acceptors (Lipinski definition) is 6. The smallest absolute Gasteiger partial charge is 0.322 e. The molecule has 1 rings (SSSR count). The third-order valence-corrected chi connectivity index (χ3v) is 4.14. The highest BCUT2D eigenvalue weighted by atomic mass is 32.2. The Morgan fingerprint density at radius 3 is 2.88 bits per heavy atom. The fourth-order valence-electron chi connectivity index (χ4n) is 1.58.